The highest BCUT2D eigenvalue weighted by atomic mass is 35.5. The second-order valence-corrected chi connectivity index (χ2v) is 6.13. The molecule has 0 atom stereocenters. The van der Waals surface area contributed by atoms with Crippen LogP contribution in [0.2, 0.25) is 5.02 Å². The lowest BCUT2D eigenvalue weighted by Gasteiger charge is -2.12. The number of hydrogen-bond donors (Lipinski definition) is 1. The number of ether oxygens (including phenoxy) is 2. The van der Waals surface area contributed by atoms with E-state index in [9.17, 15) is 4.79 Å². The molecule has 1 heterocycles. The first kappa shape index (κ1) is 18.8. The van der Waals surface area contributed by atoms with Crippen LogP contribution in [0, 0.1) is 0 Å². The van der Waals surface area contributed by atoms with Crippen LogP contribution in [-0.2, 0) is 11.2 Å². The maximum absolute atomic E-state index is 12.3. The van der Waals surface area contributed by atoms with E-state index >= 15 is 0 Å². The molecule has 0 radical (unpaired) electrons. The van der Waals surface area contributed by atoms with Gasteiger partial charge in [0, 0.05) is 24.5 Å². The van der Waals surface area contributed by atoms with E-state index in [4.69, 9.17) is 25.5 Å². The predicted molar refractivity (Wildman–Crippen MR) is 103 cm³/mol. The molecule has 140 valence electrons. The molecule has 3 aromatic rings. The molecule has 0 saturated carbocycles. The van der Waals surface area contributed by atoms with Crippen molar-refractivity contribution in [1.82, 2.24) is 4.98 Å². The number of anilines is 1. The molecule has 1 aromatic heterocycles. The first-order chi connectivity index (χ1) is 13.1. The second-order valence-electron chi connectivity index (χ2n) is 5.72. The minimum absolute atomic E-state index is 0.200. The number of aryl methyl sites for hydroxylation is 1. The van der Waals surface area contributed by atoms with Crippen molar-refractivity contribution in [2.24, 2.45) is 0 Å². The van der Waals surface area contributed by atoms with Gasteiger partial charge in [0.1, 0.15) is 11.5 Å². The second kappa shape index (κ2) is 8.60. The SMILES string of the molecule is COc1cc(OC)c(NC(=O)CCc2ncc(-c3ccccc3)o2)cc1Cl. The summed E-state index contributed by atoms with van der Waals surface area (Å²) in [6.07, 6.45) is 2.25. The van der Waals surface area contributed by atoms with Crippen LogP contribution in [0.15, 0.2) is 53.1 Å². The number of amides is 1. The van der Waals surface area contributed by atoms with Gasteiger partial charge < -0.3 is 19.2 Å². The quantitative estimate of drug-likeness (QED) is 0.643. The molecule has 0 fully saturated rings. The van der Waals surface area contributed by atoms with Crippen LogP contribution in [0.25, 0.3) is 11.3 Å². The first-order valence-electron chi connectivity index (χ1n) is 8.32. The van der Waals surface area contributed by atoms with Gasteiger partial charge in [-0.1, -0.05) is 41.9 Å². The Bertz CT molecular complexity index is 925. The fraction of sp³-hybridized carbons (Fsp3) is 0.200. The van der Waals surface area contributed by atoms with Crippen molar-refractivity contribution in [3.8, 4) is 22.8 Å². The van der Waals surface area contributed by atoms with Crippen molar-refractivity contribution in [3.05, 3.63) is 59.6 Å². The summed E-state index contributed by atoms with van der Waals surface area (Å²) in [5.41, 5.74) is 1.42. The topological polar surface area (TPSA) is 73.6 Å². The van der Waals surface area contributed by atoms with Crippen molar-refractivity contribution in [2.75, 3.05) is 19.5 Å². The number of benzene rings is 2. The first-order valence-corrected chi connectivity index (χ1v) is 8.70. The molecule has 0 aliphatic heterocycles. The van der Waals surface area contributed by atoms with Gasteiger partial charge in [-0.3, -0.25) is 4.79 Å². The standard InChI is InChI=1S/C20H19ClN2O4/c1-25-16-11-17(26-2)15(10-14(16)21)23-19(24)8-9-20-22-12-18(27-20)13-6-4-3-5-7-13/h3-7,10-12H,8-9H2,1-2H3,(H,23,24). The molecular weight excluding hydrogens is 368 g/mol. The number of carbonyl (C=O) groups is 1. The van der Waals surface area contributed by atoms with Gasteiger partial charge in [0.25, 0.3) is 0 Å². The van der Waals surface area contributed by atoms with Gasteiger partial charge >= 0.3 is 0 Å². The number of oxazole rings is 1. The number of nitrogens with one attached hydrogen (secondary N) is 1. The zero-order valence-electron chi connectivity index (χ0n) is 15.0. The Balaban J connectivity index is 1.62. The molecule has 3 rings (SSSR count). The zero-order chi connectivity index (χ0) is 19.2. The Labute approximate surface area is 162 Å². The number of halogens is 1. The minimum atomic E-state index is -0.200. The van der Waals surface area contributed by atoms with E-state index in [1.165, 1.54) is 14.2 Å². The van der Waals surface area contributed by atoms with Gasteiger partial charge in [0.15, 0.2) is 11.7 Å². The molecule has 1 amide bonds. The molecule has 6 nitrogen and oxygen atoms in total. The van der Waals surface area contributed by atoms with Gasteiger partial charge in [0.2, 0.25) is 5.91 Å². The average molecular weight is 387 g/mol. The highest BCUT2D eigenvalue weighted by Gasteiger charge is 2.14. The van der Waals surface area contributed by atoms with Crippen molar-refractivity contribution in [1.29, 1.82) is 0 Å². The Morgan fingerprint density at radius 1 is 1.15 bits per heavy atom. The van der Waals surface area contributed by atoms with E-state index in [0.29, 0.717) is 40.3 Å². The lowest BCUT2D eigenvalue weighted by molar-refractivity contribution is -0.116. The molecule has 7 heteroatoms. The normalized spacial score (nSPS) is 10.5. The molecule has 0 aliphatic carbocycles. The summed E-state index contributed by atoms with van der Waals surface area (Å²) in [4.78, 5) is 16.5. The summed E-state index contributed by atoms with van der Waals surface area (Å²) in [6, 6.07) is 12.9. The molecule has 0 saturated heterocycles. The number of rotatable bonds is 7. The lowest BCUT2D eigenvalue weighted by atomic mass is 10.2. The van der Waals surface area contributed by atoms with E-state index in [1.807, 2.05) is 30.3 Å². The van der Waals surface area contributed by atoms with Crippen LogP contribution in [0.1, 0.15) is 12.3 Å². The number of nitrogens with zero attached hydrogens (tertiary/aromatic N) is 1. The number of carbonyl (C=O) groups excluding carboxylic acids is 1. The third-order valence-electron chi connectivity index (χ3n) is 3.93. The van der Waals surface area contributed by atoms with Crippen LogP contribution in [-0.4, -0.2) is 25.1 Å². The number of methoxy groups -OCH3 is 2. The van der Waals surface area contributed by atoms with E-state index in [-0.39, 0.29) is 12.3 Å². The molecule has 0 spiro atoms. The van der Waals surface area contributed by atoms with Crippen molar-refractivity contribution >= 4 is 23.2 Å². The maximum atomic E-state index is 12.3. The van der Waals surface area contributed by atoms with Crippen LogP contribution < -0.4 is 14.8 Å². The fourth-order valence-corrected chi connectivity index (χ4v) is 2.79. The molecule has 2 aromatic carbocycles. The van der Waals surface area contributed by atoms with E-state index in [2.05, 4.69) is 10.3 Å². The largest absolute Gasteiger partial charge is 0.495 e. The average Bonchev–Trinajstić information content (AvgIpc) is 3.16. The molecule has 1 N–H and O–H groups in total. The third kappa shape index (κ3) is 4.60. The Kier molecular flexibility index (Phi) is 5.98. The molecule has 0 bridgehead atoms. The zero-order valence-corrected chi connectivity index (χ0v) is 15.7. The molecule has 0 unspecified atom stereocenters. The van der Waals surface area contributed by atoms with Crippen LogP contribution in [0.3, 0.4) is 0 Å². The van der Waals surface area contributed by atoms with E-state index in [0.717, 1.165) is 5.56 Å². The molecule has 27 heavy (non-hydrogen) atoms. The summed E-state index contributed by atoms with van der Waals surface area (Å²) in [5.74, 6) is 1.92. The van der Waals surface area contributed by atoms with Crippen molar-refractivity contribution in [2.45, 2.75) is 12.8 Å². The third-order valence-corrected chi connectivity index (χ3v) is 4.22. The van der Waals surface area contributed by atoms with Crippen molar-refractivity contribution < 1.29 is 18.7 Å². The van der Waals surface area contributed by atoms with E-state index < -0.39 is 0 Å². The maximum Gasteiger partial charge on any atom is 0.224 e. The summed E-state index contributed by atoms with van der Waals surface area (Å²) >= 11 is 6.12. The van der Waals surface area contributed by atoms with Crippen molar-refractivity contribution in [3.63, 3.8) is 0 Å². The Hall–Kier alpha value is -2.99. The molecule has 0 aliphatic rings. The lowest BCUT2D eigenvalue weighted by Crippen LogP contribution is -2.13. The highest BCUT2D eigenvalue weighted by Crippen LogP contribution is 2.36. The van der Waals surface area contributed by atoms with Gasteiger partial charge in [-0.25, -0.2) is 4.98 Å². The summed E-state index contributed by atoms with van der Waals surface area (Å²) in [5, 5.41) is 3.17. The van der Waals surface area contributed by atoms with Crippen LogP contribution in [0.4, 0.5) is 5.69 Å². The van der Waals surface area contributed by atoms with E-state index in [1.54, 1.807) is 18.3 Å². The van der Waals surface area contributed by atoms with Crippen LogP contribution >= 0.6 is 11.6 Å². The Morgan fingerprint density at radius 2 is 1.89 bits per heavy atom. The number of hydrogen-bond acceptors (Lipinski definition) is 5. The predicted octanol–water partition coefficient (Wildman–Crippen LogP) is 4.58. The van der Waals surface area contributed by atoms with Gasteiger partial charge in [0.05, 0.1) is 31.1 Å². The number of aromatic nitrogens is 1. The van der Waals surface area contributed by atoms with Gasteiger partial charge in [-0.15, -0.1) is 0 Å². The Morgan fingerprint density at radius 3 is 2.59 bits per heavy atom. The van der Waals surface area contributed by atoms with Crippen LogP contribution in [0.5, 0.6) is 11.5 Å². The van der Waals surface area contributed by atoms with Gasteiger partial charge in [-0.2, -0.15) is 0 Å². The minimum Gasteiger partial charge on any atom is -0.495 e. The monoisotopic (exact) mass is 386 g/mol. The van der Waals surface area contributed by atoms with Gasteiger partial charge in [-0.05, 0) is 6.07 Å². The smallest absolute Gasteiger partial charge is 0.224 e. The molecular formula is C20H19ClN2O4. The summed E-state index contributed by atoms with van der Waals surface area (Å²) in [6.45, 7) is 0. The fourth-order valence-electron chi connectivity index (χ4n) is 2.55. The summed E-state index contributed by atoms with van der Waals surface area (Å²) < 4.78 is 16.1. The summed E-state index contributed by atoms with van der Waals surface area (Å²) in [7, 11) is 3.02. The highest BCUT2D eigenvalue weighted by molar-refractivity contribution is 6.32.